The Morgan fingerprint density at radius 2 is 2.43 bits per heavy atom. The molecular weight excluding hydrogens is 204 g/mol. The van der Waals surface area contributed by atoms with Crippen LogP contribution < -0.4 is 4.72 Å². The molecule has 1 aliphatic heterocycles. The molecule has 0 aromatic carbocycles. The van der Waals surface area contributed by atoms with E-state index in [1.54, 1.807) is 12.5 Å². The molecule has 0 spiro atoms. The van der Waals surface area contributed by atoms with E-state index < -0.39 is 10.2 Å². The van der Waals surface area contributed by atoms with E-state index >= 15 is 0 Å². The van der Waals surface area contributed by atoms with Crippen LogP contribution in [0.3, 0.4) is 0 Å². The predicted octanol–water partition coefficient (Wildman–Crippen LogP) is -0.898. The molecule has 1 aliphatic rings. The lowest BCUT2D eigenvalue weighted by atomic mass is 10.3. The van der Waals surface area contributed by atoms with Crippen molar-refractivity contribution in [2.24, 2.45) is 0 Å². The highest BCUT2D eigenvalue weighted by atomic mass is 32.2. The van der Waals surface area contributed by atoms with Crippen LogP contribution in [0.4, 0.5) is 0 Å². The van der Waals surface area contributed by atoms with Gasteiger partial charge in [-0.1, -0.05) is 0 Å². The zero-order valence-corrected chi connectivity index (χ0v) is 8.42. The fourth-order valence-electron chi connectivity index (χ4n) is 1.41. The maximum atomic E-state index is 11.3. The average Bonchev–Trinajstić information content (AvgIpc) is 2.71. The maximum absolute atomic E-state index is 11.3. The molecule has 0 amide bonds. The number of imidazole rings is 1. The lowest BCUT2D eigenvalue weighted by Crippen LogP contribution is -2.31. The number of hydrogen-bond donors (Lipinski definition) is 2. The van der Waals surface area contributed by atoms with Crippen molar-refractivity contribution in [2.45, 2.75) is 6.42 Å². The topological polar surface area (TPSA) is 78.1 Å². The van der Waals surface area contributed by atoms with Gasteiger partial charge in [-0.05, 0) is 0 Å². The molecule has 1 aromatic rings. The molecule has 0 aliphatic carbocycles. The van der Waals surface area contributed by atoms with E-state index in [0.29, 0.717) is 26.1 Å². The predicted molar refractivity (Wildman–Crippen MR) is 50.8 cm³/mol. The first-order valence-corrected chi connectivity index (χ1v) is 5.84. The van der Waals surface area contributed by atoms with Gasteiger partial charge in [0.15, 0.2) is 0 Å². The molecule has 6 nitrogen and oxygen atoms in total. The number of nitrogens with one attached hydrogen (secondary N) is 2. The Balaban J connectivity index is 1.93. The zero-order valence-electron chi connectivity index (χ0n) is 7.60. The van der Waals surface area contributed by atoms with Crippen LogP contribution in [0.25, 0.3) is 0 Å². The minimum atomic E-state index is -3.19. The molecule has 0 radical (unpaired) electrons. The van der Waals surface area contributed by atoms with Crippen LogP contribution in [0.15, 0.2) is 12.5 Å². The van der Waals surface area contributed by atoms with Gasteiger partial charge in [-0.2, -0.15) is 12.7 Å². The van der Waals surface area contributed by atoms with Crippen molar-refractivity contribution in [3.8, 4) is 0 Å². The van der Waals surface area contributed by atoms with E-state index in [1.165, 1.54) is 4.31 Å². The van der Waals surface area contributed by atoms with E-state index in [-0.39, 0.29) is 0 Å². The van der Waals surface area contributed by atoms with Crippen LogP contribution in [-0.4, -0.2) is 42.3 Å². The number of H-pyrrole nitrogens is 1. The van der Waals surface area contributed by atoms with Gasteiger partial charge >= 0.3 is 0 Å². The minimum absolute atomic E-state index is 0.498. The summed E-state index contributed by atoms with van der Waals surface area (Å²) in [6.45, 7) is 1.55. The van der Waals surface area contributed by atoms with Crippen LogP contribution in [0.2, 0.25) is 0 Å². The average molecular weight is 216 g/mol. The first kappa shape index (κ1) is 9.63. The second kappa shape index (κ2) is 3.68. The molecule has 2 rings (SSSR count). The monoisotopic (exact) mass is 216 g/mol. The SMILES string of the molecule is O=S1(=O)NCCN1CCc1cnc[nH]1. The fourth-order valence-corrected chi connectivity index (χ4v) is 2.60. The van der Waals surface area contributed by atoms with Crippen molar-refractivity contribution in [3.05, 3.63) is 18.2 Å². The molecule has 7 heteroatoms. The van der Waals surface area contributed by atoms with Gasteiger partial charge in [-0.3, -0.25) is 0 Å². The van der Waals surface area contributed by atoms with E-state index in [0.717, 1.165) is 5.69 Å². The van der Waals surface area contributed by atoms with E-state index in [1.807, 2.05) is 0 Å². The first-order valence-electron chi connectivity index (χ1n) is 4.40. The highest BCUT2D eigenvalue weighted by molar-refractivity contribution is 7.87. The second-order valence-corrected chi connectivity index (χ2v) is 4.88. The van der Waals surface area contributed by atoms with Gasteiger partial charge in [0, 0.05) is 37.9 Å². The van der Waals surface area contributed by atoms with E-state index in [4.69, 9.17) is 0 Å². The number of rotatable bonds is 3. The first-order chi connectivity index (χ1) is 6.68. The molecule has 0 unspecified atom stereocenters. The maximum Gasteiger partial charge on any atom is 0.279 e. The molecule has 2 heterocycles. The third-order valence-corrected chi connectivity index (χ3v) is 3.78. The van der Waals surface area contributed by atoms with Crippen LogP contribution >= 0.6 is 0 Å². The molecule has 78 valence electrons. The van der Waals surface area contributed by atoms with Gasteiger partial charge in [0.25, 0.3) is 10.2 Å². The Bertz CT molecular complexity index is 386. The number of nitrogens with zero attached hydrogens (tertiary/aromatic N) is 2. The third kappa shape index (κ3) is 1.94. The van der Waals surface area contributed by atoms with Gasteiger partial charge in [0.1, 0.15) is 0 Å². The Morgan fingerprint density at radius 3 is 3.00 bits per heavy atom. The van der Waals surface area contributed by atoms with Gasteiger partial charge < -0.3 is 4.98 Å². The van der Waals surface area contributed by atoms with Gasteiger partial charge in [0.2, 0.25) is 0 Å². The number of aromatic nitrogens is 2. The summed E-state index contributed by atoms with van der Waals surface area (Å²) in [5, 5.41) is 0. The normalized spacial score (nSPS) is 21.4. The Hall–Kier alpha value is -0.920. The Morgan fingerprint density at radius 1 is 1.57 bits per heavy atom. The third-order valence-electron chi connectivity index (χ3n) is 2.17. The molecule has 1 aromatic heterocycles. The molecule has 14 heavy (non-hydrogen) atoms. The van der Waals surface area contributed by atoms with Crippen LogP contribution in [0.1, 0.15) is 5.69 Å². The summed E-state index contributed by atoms with van der Waals surface area (Å²) in [7, 11) is -3.19. The standard InChI is InChI=1S/C7H12N4O2S/c12-14(13)10-2-4-11(14)3-1-7-5-8-6-9-7/h5-6,10H,1-4H2,(H,8,9). The van der Waals surface area contributed by atoms with Crippen molar-refractivity contribution < 1.29 is 8.42 Å². The minimum Gasteiger partial charge on any atom is -0.348 e. The van der Waals surface area contributed by atoms with E-state index in [2.05, 4.69) is 14.7 Å². The number of aromatic amines is 1. The van der Waals surface area contributed by atoms with Crippen LogP contribution in [0.5, 0.6) is 0 Å². The summed E-state index contributed by atoms with van der Waals surface area (Å²) in [6.07, 6.45) is 3.96. The summed E-state index contributed by atoms with van der Waals surface area (Å²) in [5.74, 6) is 0. The van der Waals surface area contributed by atoms with Gasteiger partial charge in [-0.15, -0.1) is 0 Å². The number of hydrogen-bond acceptors (Lipinski definition) is 3. The van der Waals surface area contributed by atoms with E-state index in [9.17, 15) is 8.42 Å². The molecule has 2 N–H and O–H groups in total. The van der Waals surface area contributed by atoms with Gasteiger partial charge in [0.05, 0.1) is 6.33 Å². The van der Waals surface area contributed by atoms with Crippen LogP contribution in [0, 0.1) is 0 Å². The second-order valence-electron chi connectivity index (χ2n) is 3.13. The smallest absolute Gasteiger partial charge is 0.279 e. The molecule has 0 atom stereocenters. The largest absolute Gasteiger partial charge is 0.348 e. The Kier molecular flexibility index (Phi) is 2.53. The molecule has 0 bridgehead atoms. The van der Waals surface area contributed by atoms with Crippen molar-refractivity contribution >= 4 is 10.2 Å². The van der Waals surface area contributed by atoms with Crippen LogP contribution in [-0.2, 0) is 16.6 Å². The molecule has 0 saturated carbocycles. The van der Waals surface area contributed by atoms with Crippen molar-refractivity contribution in [3.63, 3.8) is 0 Å². The fraction of sp³-hybridized carbons (Fsp3) is 0.571. The summed E-state index contributed by atoms with van der Waals surface area (Å²) < 4.78 is 26.5. The summed E-state index contributed by atoms with van der Waals surface area (Å²) in [6, 6.07) is 0. The molecule has 1 saturated heterocycles. The van der Waals surface area contributed by atoms with Crippen molar-refractivity contribution in [1.29, 1.82) is 0 Å². The van der Waals surface area contributed by atoms with Crippen molar-refractivity contribution in [2.75, 3.05) is 19.6 Å². The highest BCUT2D eigenvalue weighted by Gasteiger charge is 2.26. The Labute approximate surface area is 82.5 Å². The molecular formula is C7H12N4O2S. The lowest BCUT2D eigenvalue weighted by Gasteiger charge is -2.11. The summed E-state index contributed by atoms with van der Waals surface area (Å²) in [5.41, 5.74) is 0.951. The summed E-state index contributed by atoms with van der Waals surface area (Å²) in [4.78, 5) is 6.80. The summed E-state index contributed by atoms with van der Waals surface area (Å²) >= 11 is 0. The van der Waals surface area contributed by atoms with Crippen molar-refractivity contribution in [1.82, 2.24) is 19.0 Å². The van der Waals surface area contributed by atoms with Gasteiger partial charge in [-0.25, -0.2) is 9.71 Å². The lowest BCUT2D eigenvalue weighted by molar-refractivity contribution is 0.452. The quantitative estimate of drug-likeness (QED) is 0.687. The zero-order chi connectivity index (χ0) is 10.0. The highest BCUT2D eigenvalue weighted by Crippen LogP contribution is 2.05. The molecule has 1 fully saturated rings.